The number of carbonyl (C=O) groups is 1. The Kier molecular flexibility index (Phi) is 5.71. The molecule has 2 aromatic rings. The van der Waals surface area contributed by atoms with Crippen LogP contribution in [0.15, 0.2) is 59.5 Å². The van der Waals surface area contributed by atoms with Crippen molar-refractivity contribution >= 4 is 27.8 Å². The van der Waals surface area contributed by atoms with E-state index in [0.29, 0.717) is 6.07 Å². The van der Waals surface area contributed by atoms with Gasteiger partial charge in [-0.25, -0.2) is 13.2 Å². The number of rotatable bonds is 5. The Balaban J connectivity index is 2.49. The first-order chi connectivity index (χ1) is 12.1. The zero-order valence-electron chi connectivity index (χ0n) is 13.4. The maximum Gasteiger partial charge on any atom is 0.416 e. The number of methoxy groups -OCH3 is 1. The molecule has 26 heavy (non-hydrogen) atoms. The van der Waals surface area contributed by atoms with Crippen LogP contribution in [0.3, 0.4) is 0 Å². The van der Waals surface area contributed by atoms with Crippen LogP contribution in [0.25, 0.3) is 6.08 Å². The molecule has 0 aliphatic heterocycles. The zero-order chi connectivity index (χ0) is 19.4. The Morgan fingerprint density at radius 3 is 2.35 bits per heavy atom. The Morgan fingerprint density at radius 2 is 1.77 bits per heavy atom. The van der Waals surface area contributed by atoms with Crippen molar-refractivity contribution in [3.05, 3.63) is 65.7 Å². The quantitative estimate of drug-likeness (QED) is 0.629. The van der Waals surface area contributed by atoms with Crippen molar-refractivity contribution in [2.75, 3.05) is 11.8 Å². The van der Waals surface area contributed by atoms with Crippen LogP contribution in [0.2, 0.25) is 0 Å². The average molecular weight is 385 g/mol. The molecule has 138 valence electrons. The molecule has 0 aliphatic carbocycles. The molecule has 0 atom stereocenters. The van der Waals surface area contributed by atoms with Gasteiger partial charge < -0.3 is 4.74 Å². The molecule has 0 unspecified atom stereocenters. The van der Waals surface area contributed by atoms with Crippen molar-refractivity contribution < 1.29 is 31.1 Å². The third-order valence-electron chi connectivity index (χ3n) is 3.28. The first-order valence-electron chi connectivity index (χ1n) is 7.18. The molecule has 9 heteroatoms. The molecular weight excluding hydrogens is 371 g/mol. The number of hydrogen-bond donors (Lipinski definition) is 1. The monoisotopic (exact) mass is 385 g/mol. The maximum atomic E-state index is 13.0. The van der Waals surface area contributed by atoms with Gasteiger partial charge in [-0.05, 0) is 35.9 Å². The van der Waals surface area contributed by atoms with Crippen LogP contribution in [0.4, 0.5) is 18.9 Å². The summed E-state index contributed by atoms with van der Waals surface area (Å²) in [6, 6.07) is 9.70. The van der Waals surface area contributed by atoms with E-state index in [1.165, 1.54) is 24.3 Å². The average Bonchev–Trinajstić information content (AvgIpc) is 2.60. The molecule has 0 saturated heterocycles. The lowest BCUT2D eigenvalue weighted by atomic mass is 10.1. The largest absolute Gasteiger partial charge is 0.466 e. The van der Waals surface area contributed by atoms with Gasteiger partial charge in [0.2, 0.25) is 0 Å². The molecule has 0 spiro atoms. The lowest BCUT2D eigenvalue weighted by molar-refractivity contribution is -0.137. The van der Waals surface area contributed by atoms with Crippen molar-refractivity contribution in [2.24, 2.45) is 0 Å². The number of ether oxygens (including phenoxy) is 1. The number of nitrogens with one attached hydrogen (secondary N) is 1. The summed E-state index contributed by atoms with van der Waals surface area (Å²) in [4.78, 5) is 11.1. The van der Waals surface area contributed by atoms with E-state index in [1.807, 2.05) is 0 Å². The highest BCUT2D eigenvalue weighted by molar-refractivity contribution is 7.92. The number of hydrogen-bond acceptors (Lipinski definition) is 4. The van der Waals surface area contributed by atoms with Crippen molar-refractivity contribution in [2.45, 2.75) is 11.1 Å². The summed E-state index contributed by atoms with van der Waals surface area (Å²) in [7, 11) is -2.97. The minimum Gasteiger partial charge on any atom is -0.466 e. The van der Waals surface area contributed by atoms with Crippen LogP contribution >= 0.6 is 0 Å². The first kappa shape index (κ1) is 19.5. The van der Waals surface area contributed by atoms with Gasteiger partial charge in [0.15, 0.2) is 0 Å². The Bertz CT molecular complexity index is 923. The predicted octanol–water partition coefficient (Wildman–Crippen LogP) is 3.69. The van der Waals surface area contributed by atoms with Crippen molar-refractivity contribution in [3.8, 4) is 0 Å². The van der Waals surface area contributed by atoms with Crippen LogP contribution in [-0.4, -0.2) is 21.5 Å². The van der Waals surface area contributed by atoms with Crippen LogP contribution in [0, 0.1) is 0 Å². The van der Waals surface area contributed by atoms with E-state index >= 15 is 0 Å². The fraction of sp³-hybridized carbons (Fsp3) is 0.118. The number of benzene rings is 2. The summed E-state index contributed by atoms with van der Waals surface area (Å²) in [6.07, 6.45) is -2.52. The lowest BCUT2D eigenvalue weighted by Gasteiger charge is -2.14. The summed E-state index contributed by atoms with van der Waals surface area (Å²) in [6.45, 7) is 0. The van der Waals surface area contributed by atoms with E-state index in [2.05, 4.69) is 9.46 Å². The molecule has 0 saturated carbocycles. The molecule has 1 N–H and O–H groups in total. The van der Waals surface area contributed by atoms with Gasteiger partial charge >= 0.3 is 12.1 Å². The number of esters is 1. The Morgan fingerprint density at radius 1 is 1.12 bits per heavy atom. The maximum absolute atomic E-state index is 13.0. The van der Waals surface area contributed by atoms with Gasteiger partial charge in [0.25, 0.3) is 10.0 Å². The highest BCUT2D eigenvalue weighted by Crippen LogP contribution is 2.33. The SMILES string of the molecule is COC(=O)/C=C/c1ccc(C(F)(F)F)cc1NS(=O)(=O)c1ccccc1. The van der Waals surface area contributed by atoms with Crippen molar-refractivity contribution in [1.29, 1.82) is 0 Å². The van der Waals surface area contributed by atoms with Gasteiger partial charge in [-0.2, -0.15) is 13.2 Å². The molecular formula is C17H14F3NO4S. The van der Waals surface area contributed by atoms with Gasteiger partial charge in [-0.15, -0.1) is 0 Å². The molecule has 0 aliphatic rings. The summed E-state index contributed by atoms with van der Waals surface area (Å²) in [5, 5.41) is 0. The van der Waals surface area contributed by atoms with Gasteiger partial charge in [0.1, 0.15) is 0 Å². The second-order valence-electron chi connectivity index (χ2n) is 5.07. The molecule has 0 bridgehead atoms. The van der Waals surface area contributed by atoms with Crippen molar-refractivity contribution in [1.82, 2.24) is 0 Å². The number of anilines is 1. The Hall–Kier alpha value is -2.81. The van der Waals surface area contributed by atoms with E-state index < -0.39 is 27.7 Å². The summed E-state index contributed by atoms with van der Waals surface area (Å²) < 4.78 is 70.2. The highest BCUT2D eigenvalue weighted by Gasteiger charge is 2.31. The minimum absolute atomic E-state index is 0.0721. The first-order valence-corrected chi connectivity index (χ1v) is 8.67. The van der Waals surface area contributed by atoms with Gasteiger partial charge in [-0.3, -0.25) is 4.72 Å². The van der Waals surface area contributed by atoms with E-state index in [9.17, 15) is 26.4 Å². The molecule has 0 aromatic heterocycles. The summed E-state index contributed by atoms with van der Waals surface area (Å²) >= 11 is 0. The highest BCUT2D eigenvalue weighted by atomic mass is 32.2. The smallest absolute Gasteiger partial charge is 0.416 e. The lowest BCUT2D eigenvalue weighted by Crippen LogP contribution is -2.15. The van der Waals surface area contributed by atoms with Crippen LogP contribution < -0.4 is 4.72 Å². The van der Waals surface area contributed by atoms with Gasteiger partial charge in [0.05, 0.1) is 23.3 Å². The molecule has 0 fully saturated rings. The number of carbonyl (C=O) groups excluding carboxylic acids is 1. The number of alkyl halides is 3. The molecule has 5 nitrogen and oxygen atoms in total. The third-order valence-corrected chi connectivity index (χ3v) is 4.66. The van der Waals surface area contributed by atoms with Gasteiger partial charge in [0, 0.05) is 6.08 Å². The van der Waals surface area contributed by atoms with E-state index in [4.69, 9.17) is 0 Å². The minimum atomic E-state index is -4.66. The number of sulfonamides is 1. The summed E-state index contributed by atoms with van der Waals surface area (Å²) in [5.41, 5.74) is -1.27. The fourth-order valence-corrected chi connectivity index (χ4v) is 3.10. The molecule has 0 amide bonds. The standard InChI is InChI=1S/C17H14F3NO4S/c1-25-16(22)10-8-12-7-9-13(17(18,19)20)11-15(12)21-26(23,24)14-5-3-2-4-6-14/h2-11,21H,1H3/b10-8+. The molecule has 0 heterocycles. The Labute approximate surface area is 148 Å². The third kappa shape index (κ3) is 4.85. The van der Waals surface area contributed by atoms with Crippen LogP contribution in [0.5, 0.6) is 0 Å². The summed E-state index contributed by atoms with van der Waals surface area (Å²) in [5.74, 6) is -0.734. The van der Waals surface area contributed by atoms with E-state index in [0.717, 1.165) is 31.4 Å². The number of halogens is 3. The zero-order valence-corrected chi connectivity index (χ0v) is 14.3. The second-order valence-corrected chi connectivity index (χ2v) is 6.76. The predicted molar refractivity (Wildman–Crippen MR) is 89.7 cm³/mol. The van der Waals surface area contributed by atoms with Crippen LogP contribution in [-0.2, 0) is 25.7 Å². The van der Waals surface area contributed by atoms with Crippen LogP contribution in [0.1, 0.15) is 11.1 Å². The van der Waals surface area contributed by atoms with E-state index in [-0.39, 0.29) is 16.1 Å². The molecule has 0 radical (unpaired) electrons. The molecule has 2 rings (SSSR count). The van der Waals surface area contributed by atoms with Gasteiger partial charge in [-0.1, -0.05) is 24.3 Å². The topological polar surface area (TPSA) is 72.5 Å². The normalized spacial score (nSPS) is 12.2. The fourth-order valence-electron chi connectivity index (χ4n) is 2.00. The van der Waals surface area contributed by atoms with E-state index in [1.54, 1.807) is 6.07 Å². The molecule has 2 aromatic carbocycles. The van der Waals surface area contributed by atoms with Crippen molar-refractivity contribution in [3.63, 3.8) is 0 Å². The second kappa shape index (κ2) is 7.61.